The van der Waals surface area contributed by atoms with E-state index >= 15 is 0 Å². The lowest BCUT2D eigenvalue weighted by Gasteiger charge is -2.13. The van der Waals surface area contributed by atoms with Gasteiger partial charge in [-0.2, -0.15) is 0 Å². The van der Waals surface area contributed by atoms with Crippen molar-refractivity contribution in [3.05, 3.63) is 67.0 Å². The number of hydrogen-bond acceptors (Lipinski definition) is 2. The van der Waals surface area contributed by atoms with Crippen LogP contribution in [0.1, 0.15) is 6.92 Å². The van der Waals surface area contributed by atoms with Crippen LogP contribution >= 0.6 is 0 Å². The number of benzene rings is 2. The van der Waals surface area contributed by atoms with Crippen molar-refractivity contribution in [2.75, 3.05) is 0 Å². The van der Waals surface area contributed by atoms with Crippen molar-refractivity contribution in [1.82, 2.24) is 9.55 Å². The van der Waals surface area contributed by atoms with E-state index in [1.807, 2.05) is 41.1 Å². The van der Waals surface area contributed by atoms with Gasteiger partial charge in [0.25, 0.3) is 0 Å². The molecular weight excluding hydrogens is 260 g/mol. The summed E-state index contributed by atoms with van der Waals surface area (Å²) in [6.45, 7) is 2.32. The van der Waals surface area contributed by atoms with Gasteiger partial charge < -0.3 is 9.67 Å². The van der Waals surface area contributed by atoms with Crippen molar-refractivity contribution in [3.63, 3.8) is 0 Å². The van der Waals surface area contributed by atoms with Crippen LogP contribution in [-0.4, -0.2) is 20.8 Å². The van der Waals surface area contributed by atoms with E-state index in [1.165, 1.54) is 5.56 Å². The maximum absolute atomic E-state index is 9.63. The van der Waals surface area contributed by atoms with Crippen LogP contribution in [0.3, 0.4) is 0 Å². The van der Waals surface area contributed by atoms with Crippen LogP contribution in [0.4, 0.5) is 0 Å². The van der Waals surface area contributed by atoms with Crippen LogP contribution in [0.15, 0.2) is 67.0 Å². The first-order chi connectivity index (χ1) is 10.3. The molecule has 0 radical (unpaired) electrons. The third-order valence-corrected chi connectivity index (χ3v) is 3.43. The van der Waals surface area contributed by atoms with Crippen molar-refractivity contribution in [1.29, 1.82) is 0 Å². The number of aliphatic hydroxyl groups is 1. The van der Waals surface area contributed by atoms with Gasteiger partial charge in [0.15, 0.2) is 0 Å². The highest BCUT2D eigenvalue weighted by Crippen LogP contribution is 2.30. The second-order valence-electron chi connectivity index (χ2n) is 5.16. The summed E-state index contributed by atoms with van der Waals surface area (Å²) in [6, 6.07) is 18.5. The fourth-order valence-corrected chi connectivity index (χ4v) is 2.53. The van der Waals surface area contributed by atoms with Crippen LogP contribution in [0.25, 0.3) is 22.5 Å². The number of aliphatic hydroxyl groups excluding tert-OH is 1. The van der Waals surface area contributed by atoms with Gasteiger partial charge >= 0.3 is 0 Å². The lowest BCUT2D eigenvalue weighted by Crippen LogP contribution is -2.12. The van der Waals surface area contributed by atoms with Crippen LogP contribution in [0, 0.1) is 0 Å². The maximum Gasteiger partial charge on any atom is 0.140 e. The number of nitrogens with zero attached hydrogens (tertiary/aromatic N) is 2. The summed E-state index contributed by atoms with van der Waals surface area (Å²) in [4.78, 5) is 4.48. The molecule has 21 heavy (non-hydrogen) atoms. The minimum Gasteiger partial charge on any atom is -0.392 e. The molecule has 0 fully saturated rings. The second kappa shape index (κ2) is 5.94. The van der Waals surface area contributed by atoms with Crippen molar-refractivity contribution < 1.29 is 5.11 Å². The van der Waals surface area contributed by atoms with Gasteiger partial charge in [-0.05, 0) is 18.1 Å². The first kappa shape index (κ1) is 13.6. The highest BCUT2D eigenvalue weighted by atomic mass is 16.3. The SMILES string of the molecule is C[C@@H](O)Cn1ccnc1-c1ccccc1-c1ccccc1. The molecule has 0 unspecified atom stereocenters. The van der Waals surface area contributed by atoms with Crippen LogP contribution in [-0.2, 0) is 6.54 Å². The molecule has 0 spiro atoms. The fourth-order valence-electron chi connectivity index (χ4n) is 2.53. The van der Waals surface area contributed by atoms with Crippen molar-refractivity contribution in [3.8, 4) is 22.5 Å². The second-order valence-corrected chi connectivity index (χ2v) is 5.16. The molecular formula is C18H18N2O. The Balaban J connectivity index is 2.10. The highest BCUT2D eigenvalue weighted by molar-refractivity contribution is 5.80. The zero-order chi connectivity index (χ0) is 14.7. The Labute approximate surface area is 124 Å². The molecule has 1 atom stereocenters. The molecule has 1 N–H and O–H groups in total. The number of imidazole rings is 1. The summed E-state index contributed by atoms with van der Waals surface area (Å²) in [6.07, 6.45) is 3.28. The van der Waals surface area contributed by atoms with Gasteiger partial charge in [0.05, 0.1) is 6.10 Å². The third kappa shape index (κ3) is 2.88. The summed E-state index contributed by atoms with van der Waals surface area (Å²) in [7, 11) is 0. The number of hydrogen-bond donors (Lipinski definition) is 1. The van der Waals surface area contributed by atoms with E-state index < -0.39 is 6.10 Å². The lowest BCUT2D eigenvalue weighted by atomic mass is 9.99. The van der Waals surface area contributed by atoms with Gasteiger partial charge in [-0.15, -0.1) is 0 Å². The molecule has 106 valence electrons. The van der Waals surface area contributed by atoms with Gasteiger partial charge in [-0.25, -0.2) is 4.98 Å². The number of aromatic nitrogens is 2. The average molecular weight is 278 g/mol. The smallest absolute Gasteiger partial charge is 0.140 e. The molecule has 3 heteroatoms. The third-order valence-electron chi connectivity index (χ3n) is 3.43. The van der Waals surface area contributed by atoms with Crippen LogP contribution < -0.4 is 0 Å². The van der Waals surface area contributed by atoms with E-state index in [0.29, 0.717) is 6.54 Å². The topological polar surface area (TPSA) is 38.0 Å². The molecule has 0 saturated carbocycles. The quantitative estimate of drug-likeness (QED) is 0.792. The first-order valence-corrected chi connectivity index (χ1v) is 7.10. The van der Waals surface area contributed by atoms with Gasteiger partial charge in [0.1, 0.15) is 5.82 Å². The Hall–Kier alpha value is -2.39. The summed E-state index contributed by atoms with van der Waals surface area (Å²) >= 11 is 0. The molecule has 0 bridgehead atoms. The Morgan fingerprint density at radius 2 is 1.67 bits per heavy atom. The van der Waals surface area contributed by atoms with E-state index in [1.54, 1.807) is 13.1 Å². The largest absolute Gasteiger partial charge is 0.392 e. The van der Waals surface area contributed by atoms with Crippen molar-refractivity contribution in [2.24, 2.45) is 0 Å². The first-order valence-electron chi connectivity index (χ1n) is 7.10. The minimum atomic E-state index is -0.401. The van der Waals surface area contributed by atoms with Crippen molar-refractivity contribution in [2.45, 2.75) is 19.6 Å². The van der Waals surface area contributed by atoms with Gasteiger partial charge in [0, 0.05) is 24.5 Å². The van der Waals surface area contributed by atoms with Gasteiger partial charge in [-0.1, -0.05) is 54.6 Å². The highest BCUT2D eigenvalue weighted by Gasteiger charge is 2.12. The molecule has 1 heterocycles. The molecule has 3 aromatic rings. The fraction of sp³-hybridized carbons (Fsp3) is 0.167. The van der Waals surface area contributed by atoms with E-state index in [0.717, 1.165) is 17.0 Å². The monoisotopic (exact) mass is 278 g/mol. The summed E-state index contributed by atoms with van der Waals surface area (Å²) in [5.41, 5.74) is 3.39. The Kier molecular flexibility index (Phi) is 3.84. The predicted molar refractivity (Wildman–Crippen MR) is 84.8 cm³/mol. The van der Waals surface area contributed by atoms with E-state index in [4.69, 9.17) is 0 Å². The Bertz CT molecular complexity index is 717. The number of rotatable bonds is 4. The van der Waals surface area contributed by atoms with Gasteiger partial charge in [-0.3, -0.25) is 0 Å². The van der Waals surface area contributed by atoms with E-state index in [2.05, 4.69) is 29.2 Å². The molecule has 0 amide bonds. The zero-order valence-corrected chi connectivity index (χ0v) is 12.0. The van der Waals surface area contributed by atoms with Gasteiger partial charge in [0.2, 0.25) is 0 Å². The molecule has 0 saturated heterocycles. The summed E-state index contributed by atoms with van der Waals surface area (Å²) in [5, 5.41) is 9.63. The molecule has 0 aliphatic carbocycles. The molecule has 2 aromatic carbocycles. The zero-order valence-electron chi connectivity index (χ0n) is 12.0. The Morgan fingerprint density at radius 3 is 2.38 bits per heavy atom. The minimum absolute atomic E-state index is 0.401. The molecule has 1 aromatic heterocycles. The average Bonchev–Trinajstić information content (AvgIpc) is 2.95. The summed E-state index contributed by atoms with van der Waals surface area (Å²) in [5.74, 6) is 0.885. The molecule has 3 nitrogen and oxygen atoms in total. The van der Waals surface area contributed by atoms with Crippen LogP contribution in [0.2, 0.25) is 0 Å². The lowest BCUT2D eigenvalue weighted by molar-refractivity contribution is 0.174. The summed E-state index contributed by atoms with van der Waals surface area (Å²) < 4.78 is 1.99. The maximum atomic E-state index is 9.63. The predicted octanol–water partition coefficient (Wildman–Crippen LogP) is 3.60. The molecule has 0 aliphatic heterocycles. The van der Waals surface area contributed by atoms with Crippen LogP contribution in [0.5, 0.6) is 0 Å². The normalized spacial score (nSPS) is 12.3. The molecule has 0 aliphatic rings. The Morgan fingerprint density at radius 1 is 1.00 bits per heavy atom. The standard InChI is InChI=1S/C18H18N2O/c1-14(21)13-20-12-11-19-18(20)17-10-6-5-9-16(17)15-7-3-2-4-8-15/h2-12,14,21H,13H2,1H3/t14-/m1/s1. The van der Waals surface area contributed by atoms with Crippen molar-refractivity contribution >= 4 is 0 Å². The van der Waals surface area contributed by atoms with E-state index in [9.17, 15) is 5.11 Å². The molecule has 3 rings (SSSR count). The van der Waals surface area contributed by atoms with E-state index in [-0.39, 0.29) is 0 Å².